The number of esters is 2. The highest BCUT2D eigenvalue weighted by molar-refractivity contribution is 5.90. The minimum Gasteiger partial charge on any atom is -0.459 e. The van der Waals surface area contributed by atoms with Crippen molar-refractivity contribution < 1.29 is 28.6 Å². The third kappa shape index (κ3) is 6.55. The first kappa shape index (κ1) is 26.1. The molecule has 0 aliphatic carbocycles. The maximum Gasteiger partial charge on any atom is 0.353 e. The number of aliphatic hydroxyl groups is 1. The summed E-state index contributed by atoms with van der Waals surface area (Å²) in [4.78, 5) is 25.6. The highest BCUT2D eigenvalue weighted by Crippen LogP contribution is 2.32. The summed E-state index contributed by atoms with van der Waals surface area (Å²) in [5.41, 5.74) is -1.73. The third-order valence-corrected chi connectivity index (χ3v) is 5.82. The van der Waals surface area contributed by atoms with Crippen molar-refractivity contribution in [2.45, 2.75) is 57.7 Å². The van der Waals surface area contributed by atoms with Crippen molar-refractivity contribution >= 4 is 11.9 Å². The van der Waals surface area contributed by atoms with Gasteiger partial charge < -0.3 is 14.6 Å². The van der Waals surface area contributed by atoms with Crippen LogP contribution in [0.1, 0.15) is 67.4 Å². The zero-order valence-corrected chi connectivity index (χ0v) is 20.1. The normalized spacial score (nSPS) is 12.1. The average molecular weight is 479 g/mol. The Labute approximate surface area is 205 Å². The van der Waals surface area contributed by atoms with Gasteiger partial charge >= 0.3 is 11.9 Å². The van der Waals surface area contributed by atoms with E-state index in [0.717, 1.165) is 31.7 Å². The molecule has 184 valence electrons. The van der Waals surface area contributed by atoms with Gasteiger partial charge in [0, 0.05) is 6.07 Å². The van der Waals surface area contributed by atoms with Crippen LogP contribution in [0.2, 0.25) is 0 Å². The second-order valence-corrected chi connectivity index (χ2v) is 8.54. The molecule has 0 radical (unpaired) electrons. The maximum atomic E-state index is 14.7. The molecule has 0 heterocycles. The largest absolute Gasteiger partial charge is 0.459 e. The van der Waals surface area contributed by atoms with Gasteiger partial charge in [0.25, 0.3) is 0 Å². The van der Waals surface area contributed by atoms with Crippen molar-refractivity contribution in [3.8, 4) is 5.75 Å². The van der Waals surface area contributed by atoms with Gasteiger partial charge in [-0.15, -0.1) is 0 Å². The monoisotopic (exact) mass is 478 g/mol. The molecule has 1 atom stereocenters. The van der Waals surface area contributed by atoms with E-state index in [1.165, 1.54) is 12.1 Å². The van der Waals surface area contributed by atoms with Crippen LogP contribution in [0.3, 0.4) is 0 Å². The quantitative estimate of drug-likeness (QED) is 0.202. The summed E-state index contributed by atoms with van der Waals surface area (Å²) in [5, 5.41) is 11.5. The minimum atomic E-state index is -2.11. The predicted octanol–water partition coefficient (Wildman–Crippen LogP) is 6.18. The molecular formula is C29H31FO5. The molecule has 0 saturated carbocycles. The lowest BCUT2D eigenvalue weighted by Gasteiger charge is -2.27. The van der Waals surface area contributed by atoms with Crippen LogP contribution in [0.25, 0.3) is 0 Å². The van der Waals surface area contributed by atoms with Gasteiger partial charge in [-0.05, 0) is 43.0 Å². The predicted molar refractivity (Wildman–Crippen MR) is 132 cm³/mol. The molecule has 0 aliphatic rings. The Bertz CT molecular complexity index is 1070. The van der Waals surface area contributed by atoms with Crippen LogP contribution in [0.5, 0.6) is 5.75 Å². The van der Waals surface area contributed by atoms with Gasteiger partial charge in [0.05, 0.1) is 11.7 Å². The molecule has 3 aromatic carbocycles. The van der Waals surface area contributed by atoms with Gasteiger partial charge in [0.1, 0.15) is 11.6 Å². The van der Waals surface area contributed by atoms with Crippen LogP contribution >= 0.6 is 0 Å². The fourth-order valence-corrected chi connectivity index (χ4v) is 3.83. The van der Waals surface area contributed by atoms with E-state index >= 15 is 0 Å². The van der Waals surface area contributed by atoms with E-state index in [2.05, 4.69) is 6.92 Å². The fourth-order valence-electron chi connectivity index (χ4n) is 3.83. The molecule has 35 heavy (non-hydrogen) atoms. The Kier molecular flexibility index (Phi) is 9.15. The van der Waals surface area contributed by atoms with E-state index in [9.17, 15) is 19.1 Å². The van der Waals surface area contributed by atoms with E-state index < -0.39 is 23.4 Å². The lowest BCUT2D eigenvalue weighted by molar-refractivity contribution is -0.152. The van der Waals surface area contributed by atoms with E-state index in [-0.39, 0.29) is 17.4 Å². The molecule has 3 aromatic rings. The summed E-state index contributed by atoms with van der Waals surface area (Å²) in [5.74, 6) is -2.78. The van der Waals surface area contributed by atoms with Crippen LogP contribution < -0.4 is 4.74 Å². The first-order chi connectivity index (χ1) is 16.9. The second kappa shape index (κ2) is 12.3. The Hall–Kier alpha value is -3.51. The van der Waals surface area contributed by atoms with E-state index in [1.54, 1.807) is 67.6 Å². The lowest BCUT2D eigenvalue weighted by atomic mass is 9.86. The summed E-state index contributed by atoms with van der Waals surface area (Å²) >= 11 is 0. The first-order valence-electron chi connectivity index (χ1n) is 11.9. The Morgan fingerprint density at radius 3 is 2.06 bits per heavy atom. The number of halogens is 1. The number of carbonyl (C=O) groups excluding carboxylic acids is 2. The number of hydrogen-bond donors (Lipinski definition) is 1. The topological polar surface area (TPSA) is 72.8 Å². The van der Waals surface area contributed by atoms with Crippen molar-refractivity contribution in [3.05, 3.63) is 101 Å². The number of ether oxygens (including phenoxy) is 2. The average Bonchev–Trinajstić information content (AvgIpc) is 2.87. The molecule has 0 fully saturated rings. The van der Waals surface area contributed by atoms with Crippen LogP contribution in [-0.4, -0.2) is 23.1 Å². The van der Waals surface area contributed by atoms with Crippen LogP contribution in [-0.2, 0) is 15.1 Å². The third-order valence-electron chi connectivity index (χ3n) is 5.82. The standard InChI is InChI=1S/C29H31FO5/c1-3-4-5-8-13-21(2)34-27(31)25-19-18-24(20-26(25)30)35-28(32)29(33,22-14-9-6-10-15-22)23-16-11-7-12-17-23/h6-7,9-12,14-21,33H,3-5,8,13H2,1-2H3. The molecule has 0 saturated heterocycles. The van der Waals surface area contributed by atoms with E-state index in [4.69, 9.17) is 9.47 Å². The molecule has 1 unspecified atom stereocenters. The molecule has 1 N–H and O–H groups in total. The summed E-state index contributed by atoms with van der Waals surface area (Å²) < 4.78 is 25.5. The Morgan fingerprint density at radius 1 is 0.914 bits per heavy atom. The molecule has 0 aromatic heterocycles. The number of benzene rings is 3. The van der Waals surface area contributed by atoms with Gasteiger partial charge in [0.15, 0.2) is 0 Å². The molecule has 0 bridgehead atoms. The Balaban J connectivity index is 1.74. The molecule has 5 nitrogen and oxygen atoms in total. The zero-order chi connectivity index (χ0) is 25.3. The summed E-state index contributed by atoms with van der Waals surface area (Å²) in [7, 11) is 0. The van der Waals surface area contributed by atoms with Crippen molar-refractivity contribution in [3.63, 3.8) is 0 Å². The van der Waals surface area contributed by atoms with Crippen molar-refractivity contribution in [1.82, 2.24) is 0 Å². The lowest BCUT2D eigenvalue weighted by Crippen LogP contribution is -2.40. The summed E-state index contributed by atoms with van der Waals surface area (Å²) in [6.07, 6.45) is 4.61. The zero-order valence-electron chi connectivity index (χ0n) is 20.1. The van der Waals surface area contributed by atoms with E-state index in [1.807, 2.05) is 0 Å². The number of carbonyl (C=O) groups is 2. The molecule has 0 spiro atoms. The summed E-state index contributed by atoms with van der Waals surface area (Å²) in [6, 6.07) is 20.2. The van der Waals surface area contributed by atoms with Crippen LogP contribution in [0, 0.1) is 5.82 Å². The summed E-state index contributed by atoms with van der Waals surface area (Å²) in [6.45, 7) is 3.91. The Morgan fingerprint density at radius 2 is 1.51 bits per heavy atom. The highest BCUT2D eigenvalue weighted by atomic mass is 19.1. The van der Waals surface area contributed by atoms with Crippen LogP contribution in [0.4, 0.5) is 4.39 Å². The van der Waals surface area contributed by atoms with Crippen molar-refractivity contribution in [2.24, 2.45) is 0 Å². The van der Waals surface area contributed by atoms with Gasteiger partial charge in [-0.2, -0.15) is 0 Å². The van der Waals surface area contributed by atoms with E-state index in [0.29, 0.717) is 17.5 Å². The van der Waals surface area contributed by atoms with Gasteiger partial charge in [-0.3, -0.25) is 0 Å². The van der Waals surface area contributed by atoms with Gasteiger partial charge in [-0.1, -0.05) is 86.8 Å². The molecule has 0 amide bonds. The molecule has 6 heteroatoms. The maximum absolute atomic E-state index is 14.7. The molecule has 0 aliphatic heterocycles. The van der Waals surface area contributed by atoms with Crippen molar-refractivity contribution in [2.75, 3.05) is 0 Å². The SMILES string of the molecule is CCCCCCC(C)OC(=O)c1ccc(OC(=O)C(O)(c2ccccc2)c2ccccc2)cc1F. The fraction of sp³-hybridized carbons (Fsp3) is 0.310. The van der Waals surface area contributed by atoms with Gasteiger partial charge in [-0.25, -0.2) is 14.0 Å². The second-order valence-electron chi connectivity index (χ2n) is 8.54. The molecular weight excluding hydrogens is 447 g/mol. The van der Waals surface area contributed by atoms with Crippen LogP contribution in [0.15, 0.2) is 78.9 Å². The highest BCUT2D eigenvalue weighted by Gasteiger charge is 2.42. The van der Waals surface area contributed by atoms with Gasteiger partial charge in [0.2, 0.25) is 5.60 Å². The number of hydrogen-bond acceptors (Lipinski definition) is 5. The molecule has 3 rings (SSSR count). The minimum absolute atomic E-state index is 0.137. The number of rotatable bonds is 11. The number of unbranched alkanes of at least 4 members (excludes halogenated alkanes) is 3. The van der Waals surface area contributed by atoms with Crippen molar-refractivity contribution in [1.29, 1.82) is 0 Å². The smallest absolute Gasteiger partial charge is 0.353 e. The first-order valence-corrected chi connectivity index (χ1v) is 11.9.